The molecule has 9 nitrogen and oxygen atoms in total. The molecule has 0 atom stereocenters. The Morgan fingerprint density at radius 2 is 1.74 bits per heavy atom. The second kappa shape index (κ2) is 10.1. The normalized spacial score (nSPS) is 18.6. The van der Waals surface area contributed by atoms with E-state index in [-0.39, 0.29) is 0 Å². The van der Waals surface area contributed by atoms with Crippen LogP contribution in [0.5, 0.6) is 0 Å². The van der Waals surface area contributed by atoms with Crippen LogP contribution in [0.15, 0.2) is 48.8 Å². The lowest BCUT2D eigenvalue weighted by atomic mass is 10.1. The third-order valence-corrected chi connectivity index (χ3v) is 6.79. The van der Waals surface area contributed by atoms with Crippen LogP contribution in [0.3, 0.4) is 0 Å². The average Bonchev–Trinajstić information content (AvgIpc) is 3.30. The molecule has 0 bridgehead atoms. The van der Waals surface area contributed by atoms with Crippen molar-refractivity contribution in [3.63, 3.8) is 0 Å². The van der Waals surface area contributed by atoms with Crippen LogP contribution in [0, 0.1) is 0 Å². The van der Waals surface area contributed by atoms with Gasteiger partial charge < -0.3 is 19.9 Å². The Hall–Kier alpha value is -2.98. The maximum atomic E-state index is 11.7. The SMILES string of the molecule is CN1CCN(CCON2CCN(c3ccc(-c4cn5cccc(C(N)=O)c5n4)cc3)CC2)CC1. The van der Waals surface area contributed by atoms with Crippen LogP contribution in [-0.2, 0) is 4.84 Å². The number of rotatable bonds is 7. The number of benzene rings is 1. The molecule has 2 fully saturated rings. The molecule has 2 aromatic heterocycles. The van der Waals surface area contributed by atoms with Gasteiger partial charge in [0.05, 0.1) is 17.9 Å². The first kappa shape index (κ1) is 22.8. The van der Waals surface area contributed by atoms with Crippen molar-refractivity contribution >= 4 is 17.2 Å². The van der Waals surface area contributed by atoms with E-state index in [0.29, 0.717) is 11.2 Å². The Morgan fingerprint density at radius 1 is 1.00 bits per heavy atom. The summed E-state index contributed by atoms with van der Waals surface area (Å²) in [4.78, 5) is 29.6. The molecule has 0 aliphatic carbocycles. The van der Waals surface area contributed by atoms with E-state index in [2.05, 4.69) is 56.1 Å². The molecule has 0 saturated carbocycles. The van der Waals surface area contributed by atoms with E-state index in [0.717, 1.165) is 76.8 Å². The standard InChI is InChI=1S/C25H33N7O2/c1-28-9-11-29(12-10-28)17-18-34-32-15-13-30(14-16-32)21-6-4-20(5-7-21)23-19-31-8-2-3-22(24(26)33)25(31)27-23/h2-8,19H,9-18H2,1H3,(H2,26,33). The number of aromatic nitrogens is 2. The minimum atomic E-state index is -0.472. The van der Waals surface area contributed by atoms with Crippen LogP contribution >= 0.6 is 0 Å². The van der Waals surface area contributed by atoms with E-state index < -0.39 is 5.91 Å². The number of hydroxylamine groups is 2. The number of likely N-dealkylation sites (N-methyl/N-ethyl adjacent to an activating group) is 1. The molecule has 34 heavy (non-hydrogen) atoms. The molecule has 3 aromatic rings. The molecular formula is C25H33N7O2. The van der Waals surface area contributed by atoms with Crippen molar-refractivity contribution in [2.45, 2.75) is 0 Å². The lowest BCUT2D eigenvalue weighted by molar-refractivity contribution is -0.165. The van der Waals surface area contributed by atoms with E-state index in [1.54, 1.807) is 12.1 Å². The molecule has 0 radical (unpaired) electrons. The molecular weight excluding hydrogens is 430 g/mol. The number of anilines is 1. The Labute approximate surface area is 200 Å². The van der Waals surface area contributed by atoms with E-state index in [9.17, 15) is 4.79 Å². The van der Waals surface area contributed by atoms with Crippen LogP contribution in [-0.4, -0.2) is 103 Å². The number of hydrogen-bond acceptors (Lipinski definition) is 7. The van der Waals surface area contributed by atoms with Crippen molar-refractivity contribution in [3.8, 4) is 11.3 Å². The highest BCUT2D eigenvalue weighted by atomic mass is 16.7. The molecule has 1 aromatic carbocycles. The van der Waals surface area contributed by atoms with Gasteiger partial charge in [0.2, 0.25) is 0 Å². The predicted molar refractivity (Wildman–Crippen MR) is 133 cm³/mol. The van der Waals surface area contributed by atoms with Crippen molar-refractivity contribution < 1.29 is 9.63 Å². The zero-order valence-electron chi connectivity index (χ0n) is 19.8. The molecule has 4 heterocycles. The largest absolute Gasteiger partial charge is 0.369 e. The summed E-state index contributed by atoms with van der Waals surface area (Å²) in [6.45, 7) is 9.96. The summed E-state index contributed by atoms with van der Waals surface area (Å²) in [7, 11) is 2.18. The first-order valence-electron chi connectivity index (χ1n) is 12.0. The monoisotopic (exact) mass is 463 g/mol. The number of amides is 1. The van der Waals surface area contributed by atoms with Crippen LogP contribution in [0.2, 0.25) is 0 Å². The Bertz CT molecular complexity index is 1110. The number of hydrogen-bond donors (Lipinski definition) is 1. The highest BCUT2D eigenvalue weighted by molar-refractivity contribution is 5.98. The number of piperazine rings is 2. The third-order valence-electron chi connectivity index (χ3n) is 6.79. The number of nitrogens with zero attached hydrogens (tertiary/aromatic N) is 6. The van der Waals surface area contributed by atoms with Gasteiger partial charge in [0.25, 0.3) is 5.91 Å². The minimum Gasteiger partial charge on any atom is -0.369 e. The van der Waals surface area contributed by atoms with E-state index >= 15 is 0 Å². The van der Waals surface area contributed by atoms with Gasteiger partial charge in [0.15, 0.2) is 0 Å². The van der Waals surface area contributed by atoms with Crippen molar-refractivity contribution in [1.29, 1.82) is 0 Å². The van der Waals surface area contributed by atoms with Gasteiger partial charge in [-0.05, 0) is 31.3 Å². The van der Waals surface area contributed by atoms with Crippen molar-refractivity contribution in [1.82, 2.24) is 24.2 Å². The fourth-order valence-corrected chi connectivity index (χ4v) is 4.63. The second-order valence-corrected chi connectivity index (χ2v) is 9.08. The fraction of sp³-hybridized carbons (Fsp3) is 0.440. The first-order valence-corrected chi connectivity index (χ1v) is 12.0. The summed E-state index contributed by atoms with van der Waals surface area (Å²) in [5.74, 6) is -0.472. The van der Waals surface area contributed by atoms with Crippen molar-refractivity contribution in [2.24, 2.45) is 5.73 Å². The van der Waals surface area contributed by atoms with Gasteiger partial charge in [-0.3, -0.25) is 14.5 Å². The van der Waals surface area contributed by atoms with Crippen LogP contribution in [0.4, 0.5) is 5.69 Å². The number of pyridine rings is 1. The summed E-state index contributed by atoms with van der Waals surface area (Å²) < 4.78 is 1.84. The lowest BCUT2D eigenvalue weighted by Gasteiger charge is -2.36. The predicted octanol–water partition coefficient (Wildman–Crippen LogP) is 1.40. The molecule has 2 N–H and O–H groups in total. The third kappa shape index (κ3) is 5.07. The molecule has 2 aliphatic rings. The van der Waals surface area contributed by atoms with E-state index in [1.165, 1.54) is 5.69 Å². The highest BCUT2D eigenvalue weighted by Crippen LogP contribution is 2.25. The van der Waals surface area contributed by atoms with Crippen molar-refractivity contribution in [2.75, 3.05) is 77.5 Å². The zero-order valence-corrected chi connectivity index (χ0v) is 19.8. The Morgan fingerprint density at radius 3 is 2.44 bits per heavy atom. The van der Waals surface area contributed by atoms with Crippen molar-refractivity contribution in [3.05, 3.63) is 54.4 Å². The number of carbonyl (C=O) groups excluding carboxylic acids is 1. The Kier molecular flexibility index (Phi) is 6.77. The summed E-state index contributed by atoms with van der Waals surface area (Å²) >= 11 is 0. The lowest BCUT2D eigenvalue weighted by Crippen LogP contribution is -2.48. The molecule has 0 unspecified atom stereocenters. The highest BCUT2D eigenvalue weighted by Gasteiger charge is 2.19. The van der Waals surface area contributed by atoms with Crippen LogP contribution in [0.1, 0.15) is 10.4 Å². The molecule has 2 aliphatic heterocycles. The van der Waals surface area contributed by atoms with Gasteiger partial charge in [-0.1, -0.05) is 12.1 Å². The molecule has 180 valence electrons. The summed E-state index contributed by atoms with van der Waals surface area (Å²) in [6.07, 6.45) is 3.80. The topological polar surface area (TPSA) is 82.6 Å². The van der Waals surface area contributed by atoms with Gasteiger partial charge in [-0.2, -0.15) is 5.06 Å². The summed E-state index contributed by atoms with van der Waals surface area (Å²) in [5, 5.41) is 2.11. The molecule has 0 spiro atoms. The molecule has 9 heteroatoms. The number of fused-ring (bicyclic) bond motifs is 1. The maximum Gasteiger partial charge on any atom is 0.252 e. The fourth-order valence-electron chi connectivity index (χ4n) is 4.63. The van der Waals surface area contributed by atoms with Gasteiger partial charge in [0.1, 0.15) is 5.65 Å². The molecule has 2 saturated heterocycles. The van der Waals surface area contributed by atoms with Gasteiger partial charge in [-0.15, -0.1) is 0 Å². The Balaban J connectivity index is 1.13. The van der Waals surface area contributed by atoms with Crippen LogP contribution < -0.4 is 10.6 Å². The second-order valence-electron chi connectivity index (χ2n) is 9.08. The number of carbonyl (C=O) groups is 1. The van der Waals surface area contributed by atoms with E-state index in [1.807, 2.05) is 16.8 Å². The quantitative estimate of drug-likeness (QED) is 0.567. The van der Waals surface area contributed by atoms with Gasteiger partial charge in [-0.25, -0.2) is 4.98 Å². The summed E-state index contributed by atoms with van der Waals surface area (Å²) in [5.41, 5.74) is 9.52. The van der Waals surface area contributed by atoms with E-state index in [4.69, 9.17) is 10.6 Å². The smallest absolute Gasteiger partial charge is 0.252 e. The molecule has 5 rings (SSSR count). The molecule has 1 amide bonds. The van der Waals surface area contributed by atoms with Gasteiger partial charge >= 0.3 is 0 Å². The van der Waals surface area contributed by atoms with Gasteiger partial charge in [0, 0.05) is 82.5 Å². The minimum absolute atomic E-state index is 0.425. The zero-order chi connectivity index (χ0) is 23.5. The number of primary amides is 1. The maximum absolute atomic E-state index is 11.7. The summed E-state index contributed by atoms with van der Waals surface area (Å²) in [6, 6.07) is 11.9. The first-order chi connectivity index (χ1) is 16.6. The van der Waals surface area contributed by atoms with Crippen LogP contribution in [0.25, 0.3) is 16.9 Å². The average molecular weight is 464 g/mol. The number of imidazole rings is 1. The number of nitrogens with two attached hydrogens (primary N) is 1.